The molecule has 0 fully saturated rings. The molecular formula is C16H12F2N4O. The van der Waals surface area contributed by atoms with Gasteiger partial charge in [0.2, 0.25) is 5.91 Å². The Labute approximate surface area is 130 Å². The lowest BCUT2D eigenvalue weighted by Gasteiger charge is -2.03. The van der Waals surface area contributed by atoms with Crippen LogP contribution >= 0.6 is 0 Å². The highest BCUT2D eigenvalue weighted by Crippen LogP contribution is 2.14. The van der Waals surface area contributed by atoms with Gasteiger partial charge >= 0.3 is 0 Å². The van der Waals surface area contributed by atoms with E-state index in [2.05, 4.69) is 20.5 Å². The van der Waals surface area contributed by atoms with Crippen LogP contribution in [0.4, 0.5) is 8.78 Å². The molecule has 0 saturated heterocycles. The number of hydrogen-bond acceptors (Lipinski definition) is 3. The molecule has 0 saturated carbocycles. The Morgan fingerprint density at radius 1 is 1.26 bits per heavy atom. The van der Waals surface area contributed by atoms with E-state index in [9.17, 15) is 13.6 Å². The Bertz CT molecular complexity index is 889. The number of benzene rings is 1. The summed E-state index contributed by atoms with van der Waals surface area (Å²) in [6.07, 6.45) is 4.52. The van der Waals surface area contributed by atoms with Crippen molar-refractivity contribution in [3.8, 4) is 0 Å². The van der Waals surface area contributed by atoms with Gasteiger partial charge in [-0.05, 0) is 35.9 Å². The molecule has 116 valence electrons. The Morgan fingerprint density at radius 3 is 2.96 bits per heavy atom. The van der Waals surface area contributed by atoms with Gasteiger partial charge in [-0.1, -0.05) is 6.07 Å². The number of rotatable bonds is 4. The second kappa shape index (κ2) is 6.35. The summed E-state index contributed by atoms with van der Waals surface area (Å²) < 4.78 is 25.9. The van der Waals surface area contributed by atoms with Gasteiger partial charge in [-0.25, -0.2) is 13.8 Å². The summed E-state index contributed by atoms with van der Waals surface area (Å²) in [5.41, 5.74) is 1.70. The maximum absolute atomic E-state index is 13.1. The molecule has 0 spiro atoms. The molecule has 0 bridgehead atoms. The van der Waals surface area contributed by atoms with Gasteiger partial charge in [-0.2, -0.15) is 5.10 Å². The molecular weight excluding hydrogens is 302 g/mol. The number of nitrogens with zero attached hydrogens (tertiary/aromatic N) is 2. The number of hydrogen-bond donors (Lipinski definition) is 2. The van der Waals surface area contributed by atoms with Crippen LogP contribution in [0.5, 0.6) is 0 Å². The van der Waals surface area contributed by atoms with Crippen LogP contribution in [0.1, 0.15) is 11.3 Å². The van der Waals surface area contributed by atoms with Crippen molar-refractivity contribution < 1.29 is 13.6 Å². The normalized spacial score (nSPS) is 11.2. The van der Waals surface area contributed by atoms with Crippen molar-refractivity contribution in [3.63, 3.8) is 0 Å². The first-order valence-corrected chi connectivity index (χ1v) is 6.82. The Balaban J connectivity index is 1.63. The summed E-state index contributed by atoms with van der Waals surface area (Å²) in [6, 6.07) is 7.10. The summed E-state index contributed by atoms with van der Waals surface area (Å²) >= 11 is 0. The van der Waals surface area contributed by atoms with Crippen LogP contribution in [0.15, 0.2) is 42.6 Å². The van der Waals surface area contributed by atoms with E-state index in [0.29, 0.717) is 16.9 Å². The fraction of sp³-hybridized carbons (Fsp3) is 0.0625. The molecule has 2 heterocycles. The molecule has 1 amide bonds. The summed E-state index contributed by atoms with van der Waals surface area (Å²) in [5, 5.41) is 10.2. The van der Waals surface area contributed by atoms with Crippen LogP contribution in [0.2, 0.25) is 0 Å². The number of amides is 1. The van der Waals surface area contributed by atoms with Crippen LogP contribution in [-0.2, 0) is 11.3 Å². The Hall–Kier alpha value is -3.09. The molecule has 0 radical (unpaired) electrons. The average Bonchev–Trinajstić information content (AvgIpc) is 2.97. The van der Waals surface area contributed by atoms with Gasteiger partial charge in [-0.15, -0.1) is 0 Å². The minimum Gasteiger partial charge on any atom is -0.348 e. The topological polar surface area (TPSA) is 70.7 Å². The van der Waals surface area contributed by atoms with E-state index in [1.165, 1.54) is 12.1 Å². The zero-order valence-corrected chi connectivity index (χ0v) is 11.9. The Kier molecular flexibility index (Phi) is 4.09. The maximum Gasteiger partial charge on any atom is 0.244 e. The van der Waals surface area contributed by atoms with Crippen molar-refractivity contribution in [2.75, 3.05) is 0 Å². The number of nitrogens with one attached hydrogen (secondary N) is 2. The molecule has 0 aliphatic rings. The third kappa shape index (κ3) is 3.39. The Morgan fingerprint density at radius 2 is 2.13 bits per heavy atom. The van der Waals surface area contributed by atoms with E-state index in [1.807, 2.05) is 6.07 Å². The maximum atomic E-state index is 13.1. The largest absolute Gasteiger partial charge is 0.348 e. The highest BCUT2D eigenvalue weighted by molar-refractivity contribution is 5.94. The van der Waals surface area contributed by atoms with Gasteiger partial charge in [0.15, 0.2) is 17.3 Å². The van der Waals surface area contributed by atoms with Gasteiger partial charge in [0.25, 0.3) is 0 Å². The fourth-order valence-electron chi connectivity index (χ4n) is 2.05. The van der Waals surface area contributed by atoms with Crippen molar-refractivity contribution in [1.82, 2.24) is 20.5 Å². The third-order valence-corrected chi connectivity index (χ3v) is 3.21. The molecule has 2 N–H and O–H groups in total. The SMILES string of the molecule is O=C(/C=C/c1n[nH]c2ncccc12)NCc1ccc(F)c(F)c1. The smallest absolute Gasteiger partial charge is 0.244 e. The number of carbonyl (C=O) groups is 1. The predicted molar refractivity (Wildman–Crippen MR) is 81.1 cm³/mol. The van der Waals surface area contributed by atoms with E-state index >= 15 is 0 Å². The third-order valence-electron chi connectivity index (χ3n) is 3.21. The lowest BCUT2D eigenvalue weighted by molar-refractivity contribution is -0.116. The molecule has 0 unspecified atom stereocenters. The predicted octanol–water partition coefficient (Wildman–Crippen LogP) is 2.57. The highest BCUT2D eigenvalue weighted by atomic mass is 19.2. The number of aromatic amines is 1. The van der Waals surface area contributed by atoms with Crippen LogP contribution in [0.25, 0.3) is 17.1 Å². The molecule has 0 atom stereocenters. The average molecular weight is 314 g/mol. The van der Waals surface area contributed by atoms with Crippen molar-refractivity contribution in [2.45, 2.75) is 6.54 Å². The van der Waals surface area contributed by atoms with Gasteiger partial charge in [0, 0.05) is 24.2 Å². The molecule has 3 aromatic rings. The minimum atomic E-state index is -0.942. The molecule has 0 aliphatic carbocycles. The minimum absolute atomic E-state index is 0.100. The van der Waals surface area contributed by atoms with Crippen LogP contribution in [-0.4, -0.2) is 21.1 Å². The first-order chi connectivity index (χ1) is 11.1. The monoisotopic (exact) mass is 314 g/mol. The highest BCUT2D eigenvalue weighted by Gasteiger charge is 2.05. The lowest BCUT2D eigenvalue weighted by atomic mass is 10.2. The van der Waals surface area contributed by atoms with Crippen LogP contribution < -0.4 is 5.32 Å². The summed E-state index contributed by atoms with van der Waals surface area (Å²) in [4.78, 5) is 15.9. The van der Waals surface area contributed by atoms with E-state index in [-0.39, 0.29) is 12.5 Å². The van der Waals surface area contributed by atoms with Gasteiger partial charge < -0.3 is 5.32 Å². The van der Waals surface area contributed by atoms with Crippen molar-refractivity contribution >= 4 is 23.0 Å². The molecule has 5 nitrogen and oxygen atoms in total. The quantitative estimate of drug-likeness (QED) is 0.727. The molecule has 3 rings (SSSR count). The van der Waals surface area contributed by atoms with Gasteiger partial charge in [-0.3, -0.25) is 9.89 Å². The van der Waals surface area contributed by atoms with E-state index in [0.717, 1.165) is 17.5 Å². The molecule has 1 aromatic carbocycles. The number of fused-ring (bicyclic) bond motifs is 1. The van der Waals surface area contributed by atoms with E-state index in [1.54, 1.807) is 18.3 Å². The molecule has 23 heavy (non-hydrogen) atoms. The van der Waals surface area contributed by atoms with Crippen molar-refractivity contribution in [2.24, 2.45) is 0 Å². The first-order valence-electron chi connectivity index (χ1n) is 6.82. The standard InChI is InChI=1S/C16H12F2N4O/c17-12-4-3-10(8-13(12)18)9-20-15(23)6-5-14-11-2-1-7-19-16(11)22-21-14/h1-8H,9H2,(H,20,23)(H,19,21,22)/b6-5+. The number of pyridine rings is 1. The number of aromatic nitrogens is 3. The van der Waals surface area contributed by atoms with E-state index in [4.69, 9.17) is 0 Å². The lowest BCUT2D eigenvalue weighted by Crippen LogP contribution is -2.20. The van der Waals surface area contributed by atoms with Crippen LogP contribution in [0, 0.1) is 11.6 Å². The summed E-state index contributed by atoms with van der Waals surface area (Å²) in [5.74, 6) is -2.23. The van der Waals surface area contributed by atoms with Crippen LogP contribution in [0.3, 0.4) is 0 Å². The molecule has 0 aliphatic heterocycles. The van der Waals surface area contributed by atoms with Crippen molar-refractivity contribution in [3.05, 3.63) is 65.5 Å². The summed E-state index contributed by atoms with van der Waals surface area (Å²) in [7, 11) is 0. The number of halogens is 2. The molecule has 2 aromatic heterocycles. The van der Waals surface area contributed by atoms with Gasteiger partial charge in [0.05, 0.1) is 5.69 Å². The number of carbonyl (C=O) groups excluding carboxylic acids is 1. The zero-order chi connectivity index (χ0) is 16.2. The second-order valence-corrected chi connectivity index (χ2v) is 4.81. The van der Waals surface area contributed by atoms with Crippen molar-refractivity contribution in [1.29, 1.82) is 0 Å². The first kappa shape index (κ1) is 14.8. The number of H-pyrrole nitrogens is 1. The molecule has 7 heteroatoms. The summed E-state index contributed by atoms with van der Waals surface area (Å²) in [6.45, 7) is 0.100. The second-order valence-electron chi connectivity index (χ2n) is 4.81. The van der Waals surface area contributed by atoms with Gasteiger partial charge in [0.1, 0.15) is 0 Å². The fourth-order valence-corrected chi connectivity index (χ4v) is 2.05. The van der Waals surface area contributed by atoms with E-state index < -0.39 is 11.6 Å². The zero-order valence-electron chi connectivity index (χ0n) is 11.9.